The van der Waals surface area contributed by atoms with Gasteiger partial charge in [-0.05, 0) is 97.7 Å². The zero-order chi connectivity index (χ0) is 33.5. The van der Waals surface area contributed by atoms with Gasteiger partial charge in [0.1, 0.15) is 5.78 Å². The highest BCUT2D eigenvalue weighted by Gasteiger charge is 2.67. The van der Waals surface area contributed by atoms with Crippen molar-refractivity contribution in [3.63, 3.8) is 0 Å². The van der Waals surface area contributed by atoms with Crippen molar-refractivity contribution in [2.24, 2.45) is 52.3 Å². The molecular weight excluding hydrogens is 576 g/mol. The van der Waals surface area contributed by atoms with Gasteiger partial charge >= 0.3 is 5.97 Å². The highest BCUT2D eigenvalue weighted by molar-refractivity contribution is 5.82. The molecule has 4 aliphatic rings. The molecule has 6 heteroatoms. The number of fused-ring (bicyclic) bond motifs is 5. The minimum Gasteiger partial charge on any atom is -0.481 e. The van der Waals surface area contributed by atoms with Gasteiger partial charge in [0.15, 0.2) is 0 Å². The van der Waals surface area contributed by atoms with Gasteiger partial charge in [0.25, 0.3) is 0 Å². The number of carboxylic acid groups (broad SMARTS) is 1. The topological polar surface area (TPSA) is 115 Å². The smallest absolute Gasteiger partial charge is 0.303 e. The highest BCUT2D eigenvalue weighted by Crippen LogP contribution is 2.69. The number of Topliss-reactive ketones (excluding diaryl/α,β-unsaturated/α-hetero) is 1. The first-order valence-corrected chi connectivity index (χ1v) is 19.7. The van der Waals surface area contributed by atoms with E-state index in [0.717, 1.165) is 25.7 Å². The molecule has 6 nitrogen and oxygen atoms in total. The standard InChI is InChI=1S/C40H70O6/c1-5-6-7-8-9-10-11-12-13-14-15-16-17-18-34(42)32-25-29(41)23-28-24-35(43)38-31-21-20-30(27(2)19-22-37(45)46)40(31,4)36(44)26-33(38)39(28,32)3/h27-33,35-36,38,41,43-44H,5-26H2,1-4H3,(H,45,46)/t27-,28+,29+,30-,31+,32?,33+,35-,36+,38+,39-,40-/m1/s1. The van der Waals surface area contributed by atoms with Gasteiger partial charge in [-0.15, -0.1) is 0 Å². The molecule has 4 rings (SSSR count). The molecular formula is C40H70O6. The molecule has 0 aromatic heterocycles. The van der Waals surface area contributed by atoms with E-state index in [1.807, 2.05) is 0 Å². The Labute approximate surface area is 280 Å². The maximum absolute atomic E-state index is 14.0. The first-order chi connectivity index (χ1) is 22.0. The van der Waals surface area contributed by atoms with Gasteiger partial charge in [0, 0.05) is 18.8 Å². The summed E-state index contributed by atoms with van der Waals surface area (Å²) in [6.07, 6.45) is 20.7. The molecule has 4 N–H and O–H groups in total. The van der Waals surface area contributed by atoms with Crippen LogP contribution in [0.2, 0.25) is 0 Å². The second kappa shape index (κ2) is 17.1. The summed E-state index contributed by atoms with van der Waals surface area (Å²) >= 11 is 0. The number of hydrogen-bond donors (Lipinski definition) is 4. The van der Waals surface area contributed by atoms with E-state index >= 15 is 0 Å². The summed E-state index contributed by atoms with van der Waals surface area (Å²) < 4.78 is 0. The number of carbonyl (C=O) groups is 2. The quantitative estimate of drug-likeness (QED) is 0.104. The van der Waals surface area contributed by atoms with Crippen molar-refractivity contribution >= 4 is 11.8 Å². The van der Waals surface area contributed by atoms with Crippen molar-refractivity contribution in [2.45, 2.75) is 187 Å². The van der Waals surface area contributed by atoms with Crippen molar-refractivity contribution in [3.05, 3.63) is 0 Å². The lowest BCUT2D eigenvalue weighted by Crippen LogP contribution is -2.65. The van der Waals surface area contributed by atoms with Crippen LogP contribution in [0.3, 0.4) is 0 Å². The molecule has 0 saturated heterocycles. The summed E-state index contributed by atoms with van der Waals surface area (Å²) in [7, 11) is 0. The molecule has 0 heterocycles. The van der Waals surface area contributed by atoms with Crippen molar-refractivity contribution in [2.75, 3.05) is 0 Å². The summed E-state index contributed by atoms with van der Waals surface area (Å²) in [6, 6.07) is 0. The first kappa shape index (κ1) is 37.8. The Morgan fingerprint density at radius 1 is 0.717 bits per heavy atom. The molecule has 46 heavy (non-hydrogen) atoms. The average Bonchev–Trinajstić information content (AvgIpc) is 3.37. The Balaban J connectivity index is 1.34. The van der Waals surface area contributed by atoms with Gasteiger partial charge in [0.05, 0.1) is 18.3 Å². The van der Waals surface area contributed by atoms with E-state index in [1.54, 1.807) is 0 Å². The van der Waals surface area contributed by atoms with Crippen molar-refractivity contribution in [1.82, 2.24) is 0 Å². The fourth-order valence-corrected chi connectivity index (χ4v) is 11.8. The Hall–Kier alpha value is -0.980. The second-order valence-corrected chi connectivity index (χ2v) is 17.0. The molecule has 4 saturated carbocycles. The van der Waals surface area contributed by atoms with E-state index in [-0.39, 0.29) is 58.7 Å². The number of hydrogen-bond acceptors (Lipinski definition) is 5. The number of unbranched alkanes of at least 4 members (excludes halogenated alkanes) is 12. The number of carboxylic acids is 1. The third-order valence-corrected chi connectivity index (χ3v) is 14.4. The van der Waals surface area contributed by atoms with Crippen LogP contribution < -0.4 is 0 Å². The molecule has 266 valence electrons. The van der Waals surface area contributed by atoms with Gasteiger partial charge in [0.2, 0.25) is 0 Å². The molecule has 4 fully saturated rings. The Bertz CT molecular complexity index is 967. The largest absolute Gasteiger partial charge is 0.481 e. The third-order valence-electron chi connectivity index (χ3n) is 14.4. The number of aliphatic hydroxyl groups is 3. The minimum atomic E-state index is -0.772. The number of aliphatic hydroxyl groups excluding tert-OH is 3. The molecule has 1 unspecified atom stereocenters. The number of ketones is 1. The van der Waals surface area contributed by atoms with Crippen LogP contribution in [0.15, 0.2) is 0 Å². The van der Waals surface area contributed by atoms with Gasteiger partial charge < -0.3 is 20.4 Å². The van der Waals surface area contributed by atoms with Crippen molar-refractivity contribution < 1.29 is 30.0 Å². The van der Waals surface area contributed by atoms with E-state index in [0.29, 0.717) is 44.3 Å². The molecule has 0 aromatic carbocycles. The van der Waals surface area contributed by atoms with Crippen molar-refractivity contribution in [1.29, 1.82) is 0 Å². The Morgan fingerprint density at radius 2 is 1.30 bits per heavy atom. The van der Waals surface area contributed by atoms with Crippen LogP contribution in [-0.4, -0.2) is 50.5 Å². The molecule has 0 aliphatic heterocycles. The van der Waals surface area contributed by atoms with Gasteiger partial charge in [-0.25, -0.2) is 0 Å². The molecule has 0 aromatic rings. The summed E-state index contributed by atoms with van der Waals surface area (Å²) in [4.78, 5) is 25.3. The van der Waals surface area contributed by atoms with Crippen LogP contribution in [0.5, 0.6) is 0 Å². The SMILES string of the molecule is CCCCCCCCCCCCCCCC(=O)C1C[C@@H](O)C[C@H]2C[C@@H](O)[C@@H]3[C@H](C[C@H](O)[C@]4(C)[C@@H]([C@H](C)CCC(=O)O)CC[C@@H]34)[C@@]12C. The lowest BCUT2D eigenvalue weighted by molar-refractivity contribution is -0.221. The van der Waals surface area contributed by atoms with E-state index in [9.17, 15) is 30.0 Å². The maximum atomic E-state index is 14.0. The summed E-state index contributed by atoms with van der Waals surface area (Å²) in [5.41, 5.74) is -0.683. The number of rotatable bonds is 19. The van der Waals surface area contributed by atoms with Crippen LogP contribution in [0.25, 0.3) is 0 Å². The summed E-state index contributed by atoms with van der Waals surface area (Å²) in [6.45, 7) is 8.89. The molecule has 4 aliphatic carbocycles. The van der Waals surface area contributed by atoms with Crippen LogP contribution in [0, 0.1) is 52.3 Å². The molecule has 0 radical (unpaired) electrons. The van der Waals surface area contributed by atoms with Crippen molar-refractivity contribution in [3.8, 4) is 0 Å². The molecule has 0 amide bonds. The fourth-order valence-electron chi connectivity index (χ4n) is 11.8. The lowest BCUT2D eigenvalue weighted by Gasteiger charge is -2.65. The molecule has 0 bridgehead atoms. The number of aliphatic carboxylic acids is 1. The highest BCUT2D eigenvalue weighted by atomic mass is 16.4. The van der Waals surface area contributed by atoms with Gasteiger partial charge in [-0.3, -0.25) is 9.59 Å². The predicted molar refractivity (Wildman–Crippen MR) is 184 cm³/mol. The maximum Gasteiger partial charge on any atom is 0.303 e. The minimum absolute atomic E-state index is 0.0354. The summed E-state index contributed by atoms with van der Waals surface area (Å²) in [5, 5.41) is 43.9. The van der Waals surface area contributed by atoms with Gasteiger partial charge in [-0.2, -0.15) is 0 Å². The van der Waals surface area contributed by atoms with Crippen LogP contribution in [0.1, 0.15) is 169 Å². The zero-order valence-electron chi connectivity index (χ0n) is 29.9. The fraction of sp³-hybridized carbons (Fsp3) is 0.950. The van der Waals surface area contributed by atoms with Gasteiger partial charge in [-0.1, -0.05) is 105 Å². The van der Waals surface area contributed by atoms with E-state index in [4.69, 9.17) is 0 Å². The van der Waals surface area contributed by atoms with Crippen LogP contribution >= 0.6 is 0 Å². The summed E-state index contributed by atoms with van der Waals surface area (Å²) in [5.74, 6) is 0.0507. The molecule has 12 atom stereocenters. The predicted octanol–water partition coefficient (Wildman–Crippen LogP) is 8.73. The zero-order valence-corrected chi connectivity index (χ0v) is 29.9. The first-order valence-electron chi connectivity index (χ1n) is 19.7. The Morgan fingerprint density at radius 3 is 1.89 bits per heavy atom. The van der Waals surface area contributed by atoms with E-state index < -0.39 is 24.3 Å². The third kappa shape index (κ3) is 8.24. The Kier molecular flexibility index (Phi) is 14.1. The lowest BCUT2D eigenvalue weighted by atomic mass is 9.40. The monoisotopic (exact) mass is 647 g/mol. The normalized spacial score (nSPS) is 39.3. The second-order valence-electron chi connectivity index (χ2n) is 17.0. The number of carbonyl (C=O) groups excluding carboxylic acids is 1. The van der Waals surface area contributed by atoms with E-state index in [1.165, 1.54) is 70.6 Å². The van der Waals surface area contributed by atoms with Crippen LogP contribution in [-0.2, 0) is 9.59 Å². The molecule has 0 spiro atoms. The van der Waals surface area contributed by atoms with Crippen LogP contribution in [0.4, 0.5) is 0 Å². The average molecular weight is 647 g/mol. The van der Waals surface area contributed by atoms with E-state index in [2.05, 4.69) is 27.7 Å².